The maximum Gasteiger partial charge on any atom is 0.491 e. The fourth-order valence-electron chi connectivity index (χ4n) is 2.07. The van der Waals surface area contributed by atoms with Gasteiger partial charge in [-0.15, -0.1) is 11.3 Å². The van der Waals surface area contributed by atoms with Crippen molar-refractivity contribution in [1.82, 2.24) is 0 Å². The fourth-order valence-corrected chi connectivity index (χ4v) is 3.28. The van der Waals surface area contributed by atoms with Gasteiger partial charge in [-0.3, -0.25) is 4.79 Å². The Hall–Kier alpha value is -0.555. The van der Waals surface area contributed by atoms with Crippen LogP contribution in [-0.4, -0.2) is 30.4 Å². The van der Waals surface area contributed by atoms with Gasteiger partial charge in [-0.05, 0) is 57.8 Å². The first kappa shape index (κ1) is 16.8. The van der Waals surface area contributed by atoms with Crippen molar-refractivity contribution in [3.63, 3.8) is 0 Å². The van der Waals surface area contributed by atoms with Crippen molar-refractivity contribution >= 4 is 43.4 Å². The minimum atomic E-state index is -0.395. The summed E-state index contributed by atoms with van der Waals surface area (Å²) in [7, 11) is -0.395. The molecule has 1 aliphatic heterocycles. The molecule has 1 aliphatic rings. The summed E-state index contributed by atoms with van der Waals surface area (Å²) in [5.41, 5.74) is 1.33. The van der Waals surface area contributed by atoms with Crippen LogP contribution in [0.3, 0.4) is 0 Å². The van der Waals surface area contributed by atoms with Crippen molar-refractivity contribution in [2.45, 2.75) is 45.8 Å². The number of carbonyl (C=O) groups excluding carboxylic acids is 1. The molecule has 1 aromatic rings. The number of carbonyl (C=O) groups is 1. The Balaban J connectivity index is 2.30. The van der Waals surface area contributed by atoms with Gasteiger partial charge in [-0.25, -0.2) is 0 Å². The summed E-state index contributed by atoms with van der Waals surface area (Å²) >= 11 is 5.88. The Morgan fingerprint density at radius 2 is 1.90 bits per heavy atom. The van der Waals surface area contributed by atoms with Gasteiger partial charge < -0.3 is 9.31 Å². The molecule has 2 rings (SSSR count). The van der Waals surface area contributed by atoms with Gasteiger partial charge in [0.1, 0.15) is 0 Å². The van der Waals surface area contributed by atoms with Crippen LogP contribution in [0, 0.1) is 6.92 Å². The predicted octanol–water partition coefficient (Wildman–Crippen LogP) is 3.81. The van der Waals surface area contributed by atoms with Crippen LogP contribution in [-0.2, 0) is 9.31 Å². The largest absolute Gasteiger partial charge is 0.491 e. The summed E-state index contributed by atoms with van der Waals surface area (Å²) < 4.78 is 12.1. The van der Waals surface area contributed by atoms with E-state index in [-0.39, 0.29) is 11.2 Å². The molecule has 0 radical (unpaired) electrons. The standard InChI is InChI=1S/C15H21BO3S2/c1-10-6-12(8-17)21-13(10)7-11(9-20)16-18-14(2,3)15(4,5)19-16/h6-8,20H,9H2,1-5H3. The quantitative estimate of drug-likeness (QED) is 0.520. The van der Waals surface area contributed by atoms with Crippen molar-refractivity contribution < 1.29 is 14.1 Å². The molecule has 0 N–H and O–H groups in total. The second-order valence-electron chi connectivity index (χ2n) is 6.28. The molecule has 1 saturated heterocycles. The van der Waals surface area contributed by atoms with E-state index >= 15 is 0 Å². The molecular weight excluding hydrogens is 303 g/mol. The van der Waals surface area contributed by atoms with Crippen molar-refractivity contribution in [2.75, 3.05) is 5.75 Å². The zero-order valence-corrected chi connectivity index (χ0v) is 14.8. The molecule has 0 atom stereocenters. The van der Waals surface area contributed by atoms with E-state index in [4.69, 9.17) is 9.31 Å². The molecule has 21 heavy (non-hydrogen) atoms. The molecule has 0 spiro atoms. The zero-order chi connectivity index (χ0) is 15.8. The molecule has 0 unspecified atom stereocenters. The van der Waals surface area contributed by atoms with Crippen LogP contribution < -0.4 is 0 Å². The fraction of sp³-hybridized carbons (Fsp3) is 0.533. The molecule has 2 heterocycles. The number of rotatable bonds is 4. The summed E-state index contributed by atoms with van der Waals surface area (Å²) in [5.74, 6) is 0.546. The van der Waals surface area contributed by atoms with E-state index in [0.717, 1.165) is 27.1 Å². The highest BCUT2D eigenvalue weighted by molar-refractivity contribution is 7.80. The Labute approximate surface area is 136 Å². The van der Waals surface area contributed by atoms with Crippen molar-refractivity contribution in [1.29, 1.82) is 0 Å². The molecule has 0 amide bonds. The summed E-state index contributed by atoms with van der Waals surface area (Å²) in [4.78, 5) is 12.7. The maximum absolute atomic E-state index is 10.9. The topological polar surface area (TPSA) is 35.5 Å². The molecule has 3 nitrogen and oxygen atoms in total. The van der Waals surface area contributed by atoms with Crippen LogP contribution in [0.2, 0.25) is 0 Å². The average molecular weight is 324 g/mol. The van der Waals surface area contributed by atoms with Crippen LogP contribution in [0.5, 0.6) is 0 Å². The second kappa shape index (κ2) is 5.91. The van der Waals surface area contributed by atoms with Gasteiger partial charge >= 0.3 is 7.12 Å². The second-order valence-corrected chi connectivity index (χ2v) is 7.71. The minimum Gasteiger partial charge on any atom is -0.400 e. The zero-order valence-electron chi connectivity index (χ0n) is 13.1. The van der Waals surface area contributed by atoms with Gasteiger partial charge in [0, 0.05) is 10.6 Å². The molecular formula is C15H21BO3S2. The van der Waals surface area contributed by atoms with E-state index in [1.54, 1.807) is 0 Å². The van der Waals surface area contributed by atoms with Gasteiger partial charge in [0.2, 0.25) is 0 Å². The van der Waals surface area contributed by atoms with E-state index in [2.05, 4.69) is 12.6 Å². The third-order valence-electron chi connectivity index (χ3n) is 4.15. The van der Waals surface area contributed by atoms with Crippen LogP contribution >= 0.6 is 24.0 Å². The summed E-state index contributed by atoms with van der Waals surface area (Å²) in [5, 5.41) is 0. The highest BCUT2D eigenvalue weighted by Crippen LogP contribution is 2.39. The van der Waals surface area contributed by atoms with E-state index in [9.17, 15) is 4.79 Å². The summed E-state index contributed by atoms with van der Waals surface area (Å²) in [6.07, 6.45) is 2.91. The normalized spacial score (nSPS) is 20.9. The van der Waals surface area contributed by atoms with E-state index in [1.165, 1.54) is 11.3 Å². The van der Waals surface area contributed by atoms with Gasteiger partial charge in [0.05, 0.1) is 16.1 Å². The summed E-state index contributed by atoms with van der Waals surface area (Å²) in [6, 6.07) is 1.89. The lowest BCUT2D eigenvalue weighted by Crippen LogP contribution is -2.41. The predicted molar refractivity (Wildman–Crippen MR) is 92.4 cm³/mol. The third-order valence-corrected chi connectivity index (χ3v) is 5.62. The van der Waals surface area contributed by atoms with Gasteiger partial charge in [0.15, 0.2) is 6.29 Å². The molecule has 6 heteroatoms. The Morgan fingerprint density at radius 1 is 1.33 bits per heavy atom. The van der Waals surface area contributed by atoms with Crippen LogP contribution in [0.15, 0.2) is 11.5 Å². The average Bonchev–Trinajstić information content (AvgIpc) is 2.84. The molecule has 0 bridgehead atoms. The molecule has 1 aromatic heterocycles. The number of aldehydes is 1. The van der Waals surface area contributed by atoms with Crippen molar-refractivity contribution in [2.24, 2.45) is 0 Å². The monoisotopic (exact) mass is 324 g/mol. The number of aryl methyl sites for hydroxylation is 1. The Kier molecular flexibility index (Phi) is 4.73. The van der Waals surface area contributed by atoms with Gasteiger partial charge in [-0.2, -0.15) is 12.6 Å². The van der Waals surface area contributed by atoms with Crippen molar-refractivity contribution in [3.05, 3.63) is 26.9 Å². The van der Waals surface area contributed by atoms with Crippen LogP contribution in [0.25, 0.3) is 6.08 Å². The highest BCUT2D eigenvalue weighted by atomic mass is 32.1. The lowest BCUT2D eigenvalue weighted by Gasteiger charge is -2.32. The number of hydrogen-bond donors (Lipinski definition) is 1. The maximum atomic E-state index is 10.9. The van der Waals surface area contributed by atoms with Crippen molar-refractivity contribution in [3.8, 4) is 0 Å². The molecule has 1 fully saturated rings. The van der Waals surface area contributed by atoms with E-state index in [1.807, 2.05) is 46.8 Å². The van der Waals surface area contributed by atoms with Gasteiger partial charge in [0.25, 0.3) is 0 Å². The molecule has 0 saturated carbocycles. The number of thiophene rings is 1. The Morgan fingerprint density at radius 3 is 2.33 bits per heavy atom. The van der Waals surface area contributed by atoms with Crippen LogP contribution in [0.1, 0.15) is 47.8 Å². The number of thiol groups is 1. The smallest absolute Gasteiger partial charge is 0.400 e. The molecule has 0 aliphatic carbocycles. The van der Waals surface area contributed by atoms with E-state index < -0.39 is 7.12 Å². The van der Waals surface area contributed by atoms with E-state index in [0.29, 0.717) is 5.75 Å². The molecule has 0 aromatic carbocycles. The Bertz CT molecular complexity index is 559. The minimum absolute atomic E-state index is 0.363. The molecule has 114 valence electrons. The van der Waals surface area contributed by atoms with Gasteiger partial charge in [-0.1, -0.05) is 0 Å². The SMILES string of the molecule is Cc1cc(C=O)sc1C=C(CS)B1OC(C)(C)C(C)(C)O1. The third kappa shape index (κ3) is 3.28. The van der Waals surface area contributed by atoms with Crippen LogP contribution in [0.4, 0.5) is 0 Å². The lowest BCUT2D eigenvalue weighted by molar-refractivity contribution is 0.00578. The first-order valence-corrected chi connectivity index (χ1v) is 8.37. The first-order valence-electron chi connectivity index (χ1n) is 6.93. The highest BCUT2D eigenvalue weighted by Gasteiger charge is 2.52. The lowest BCUT2D eigenvalue weighted by atomic mass is 9.78. The summed E-state index contributed by atoms with van der Waals surface area (Å²) in [6.45, 7) is 10.1. The number of hydrogen-bond acceptors (Lipinski definition) is 5. The first-order chi connectivity index (χ1) is 9.70.